The number of carbonyl (C=O) groups is 1. The van der Waals surface area contributed by atoms with E-state index < -0.39 is 5.79 Å². The Hall–Kier alpha value is -0.650. The van der Waals surface area contributed by atoms with Gasteiger partial charge in [0.15, 0.2) is 5.79 Å². The van der Waals surface area contributed by atoms with Crippen molar-refractivity contribution in [3.63, 3.8) is 0 Å². The molecule has 2 heterocycles. The molecule has 2 aliphatic heterocycles. The van der Waals surface area contributed by atoms with Gasteiger partial charge in [0.05, 0.1) is 18.8 Å². The van der Waals surface area contributed by atoms with Gasteiger partial charge in [0, 0.05) is 19.3 Å². The minimum Gasteiger partial charge on any atom is -0.463 e. The predicted octanol–water partition coefficient (Wildman–Crippen LogP) is 5.34. The SMILES string of the molecule is CC(=O)O[C@H]1CC[C@@]2(C)[C@@H](CC[C@@H]3[C@@H]2[C@H](O)C[C@]2(C)[C@@H]4[C@H](C[C@@H]32)O[C@]2(CCC(C)CO2)[C@H]4C)C1. The summed E-state index contributed by atoms with van der Waals surface area (Å²) >= 11 is 0. The Labute approximate surface area is 205 Å². The average molecular weight is 475 g/mol. The molecule has 0 aromatic rings. The second kappa shape index (κ2) is 7.92. The summed E-state index contributed by atoms with van der Waals surface area (Å²) in [6.07, 6.45) is 9.69. The first-order valence-corrected chi connectivity index (χ1v) is 14.2. The molecule has 4 aliphatic carbocycles. The fraction of sp³-hybridized carbons (Fsp3) is 0.966. The zero-order valence-corrected chi connectivity index (χ0v) is 21.9. The standard InChI is InChI=1S/C29H46O5/c1-16-8-11-29(32-15-16)17(2)25-24(34-29)13-22-21-7-6-19-12-20(33-18(3)30)9-10-27(19,4)26(21)23(31)14-28(22,25)5/h16-17,19-26,31H,6-15H2,1-5H3/t16?,17-,19-,20-,21-,22-,23+,24-,25-,26+,27-,28-,29+/m0/s1. The maximum atomic E-state index is 11.8. The fourth-order valence-corrected chi connectivity index (χ4v) is 10.7. The Kier molecular flexibility index (Phi) is 5.53. The molecule has 1 unspecified atom stereocenters. The number of hydrogen-bond acceptors (Lipinski definition) is 5. The van der Waals surface area contributed by atoms with Crippen LogP contribution in [0.5, 0.6) is 0 Å². The van der Waals surface area contributed by atoms with Crippen LogP contribution in [0.1, 0.15) is 92.4 Å². The minimum atomic E-state index is -0.393. The molecule has 0 aromatic heterocycles. The fourth-order valence-electron chi connectivity index (χ4n) is 10.7. The summed E-state index contributed by atoms with van der Waals surface area (Å²) in [5.74, 6) is 3.04. The van der Waals surface area contributed by atoms with Gasteiger partial charge in [-0.05, 0) is 97.7 Å². The minimum absolute atomic E-state index is 0.0626. The highest BCUT2D eigenvalue weighted by molar-refractivity contribution is 5.66. The van der Waals surface area contributed by atoms with E-state index in [1.54, 1.807) is 0 Å². The summed E-state index contributed by atoms with van der Waals surface area (Å²) in [4.78, 5) is 11.6. The van der Waals surface area contributed by atoms with Gasteiger partial charge in [-0.2, -0.15) is 0 Å². The molecular formula is C29H46O5. The molecule has 1 spiro atoms. The van der Waals surface area contributed by atoms with Crippen molar-refractivity contribution < 1.29 is 24.1 Å². The summed E-state index contributed by atoms with van der Waals surface area (Å²) in [6.45, 7) is 11.9. The van der Waals surface area contributed by atoms with Crippen LogP contribution in [-0.2, 0) is 19.0 Å². The van der Waals surface area contributed by atoms with E-state index in [1.807, 2.05) is 0 Å². The maximum absolute atomic E-state index is 11.8. The first-order valence-electron chi connectivity index (χ1n) is 14.2. The van der Waals surface area contributed by atoms with Gasteiger partial charge in [0.1, 0.15) is 6.10 Å². The van der Waals surface area contributed by atoms with E-state index in [2.05, 4.69) is 27.7 Å². The molecule has 0 amide bonds. The molecule has 5 nitrogen and oxygen atoms in total. The molecule has 4 saturated carbocycles. The van der Waals surface area contributed by atoms with Gasteiger partial charge in [-0.15, -0.1) is 0 Å². The third-order valence-electron chi connectivity index (χ3n) is 12.1. The van der Waals surface area contributed by atoms with Crippen molar-refractivity contribution in [1.29, 1.82) is 0 Å². The Morgan fingerprint density at radius 3 is 2.50 bits per heavy atom. The van der Waals surface area contributed by atoms with Crippen molar-refractivity contribution in [3.05, 3.63) is 0 Å². The van der Waals surface area contributed by atoms with E-state index in [4.69, 9.17) is 14.2 Å². The number of fused-ring (bicyclic) bond motifs is 7. The molecule has 34 heavy (non-hydrogen) atoms. The van der Waals surface area contributed by atoms with Crippen LogP contribution >= 0.6 is 0 Å². The summed E-state index contributed by atoms with van der Waals surface area (Å²) in [5.41, 5.74) is 0.271. The van der Waals surface area contributed by atoms with Gasteiger partial charge in [-0.25, -0.2) is 0 Å². The number of rotatable bonds is 1. The van der Waals surface area contributed by atoms with Crippen LogP contribution in [0.2, 0.25) is 0 Å². The van der Waals surface area contributed by atoms with Gasteiger partial charge in [-0.1, -0.05) is 27.7 Å². The Bertz CT molecular complexity index is 819. The molecule has 0 aromatic carbocycles. The highest BCUT2D eigenvalue weighted by Gasteiger charge is 2.70. The Morgan fingerprint density at radius 2 is 1.79 bits per heavy atom. The van der Waals surface area contributed by atoms with Crippen LogP contribution in [0.25, 0.3) is 0 Å². The number of aliphatic hydroxyl groups excluding tert-OH is 1. The monoisotopic (exact) mass is 474 g/mol. The summed E-state index contributed by atoms with van der Waals surface area (Å²) in [5, 5.41) is 11.8. The van der Waals surface area contributed by atoms with Crippen LogP contribution in [0.4, 0.5) is 0 Å². The highest BCUT2D eigenvalue weighted by Crippen LogP contribution is 2.71. The van der Waals surface area contributed by atoms with Crippen molar-refractivity contribution in [1.82, 2.24) is 0 Å². The quantitative estimate of drug-likeness (QED) is 0.520. The molecular weight excluding hydrogens is 428 g/mol. The number of aliphatic hydroxyl groups is 1. The number of carbonyl (C=O) groups excluding carboxylic acids is 1. The molecule has 6 rings (SSSR count). The van der Waals surface area contributed by atoms with Gasteiger partial charge in [0.25, 0.3) is 0 Å². The van der Waals surface area contributed by atoms with Crippen molar-refractivity contribution >= 4 is 5.97 Å². The maximum Gasteiger partial charge on any atom is 0.302 e. The van der Waals surface area contributed by atoms with E-state index in [0.717, 1.165) is 45.1 Å². The van der Waals surface area contributed by atoms with Gasteiger partial charge < -0.3 is 19.3 Å². The molecule has 1 N–H and O–H groups in total. The molecule has 2 saturated heterocycles. The predicted molar refractivity (Wildman–Crippen MR) is 129 cm³/mol. The van der Waals surface area contributed by atoms with Crippen molar-refractivity contribution in [2.75, 3.05) is 6.61 Å². The lowest BCUT2D eigenvalue weighted by Crippen LogP contribution is -2.60. The zero-order valence-electron chi connectivity index (χ0n) is 21.9. The first kappa shape index (κ1) is 23.7. The van der Waals surface area contributed by atoms with Gasteiger partial charge in [-0.3, -0.25) is 4.79 Å². The molecule has 0 radical (unpaired) electrons. The summed E-state index contributed by atoms with van der Waals surface area (Å²) in [7, 11) is 0. The lowest BCUT2D eigenvalue weighted by Gasteiger charge is -2.62. The van der Waals surface area contributed by atoms with E-state index in [-0.39, 0.29) is 35.1 Å². The summed E-state index contributed by atoms with van der Waals surface area (Å²) in [6, 6.07) is 0. The highest BCUT2D eigenvalue weighted by atomic mass is 16.7. The third kappa shape index (κ3) is 3.24. The van der Waals surface area contributed by atoms with E-state index >= 15 is 0 Å². The second-order valence-corrected chi connectivity index (χ2v) is 13.8. The number of esters is 1. The lowest BCUT2D eigenvalue weighted by molar-refractivity contribution is -0.274. The third-order valence-corrected chi connectivity index (χ3v) is 12.1. The Balaban J connectivity index is 1.24. The first-order chi connectivity index (χ1) is 16.1. The largest absolute Gasteiger partial charge is 0.463 e. The van der Waals surface area contributed by atoms with Crippen molar-refractivity contribution in [3.8, 4) is 0 Å². The van der Waals surface area contributed by atoms with Crippen LogP contribution in [-0.4, -0.2) is 41.8 Å². The van der Waals surface area contributed by atoms with Crippen molar-refractivity contribution in [2.24, 2.45) is 52.3 Å². The molecule has 6 fully saturated rings. The molecule has 0 bridgehead atoms. The zero-order chi connectivity index (χ0) is 24.0. The normalized spacial score (nSPS) is 58.5. The van der Waals surface area contributed by atoms with Gasteiger partial charge in [0.2, 0.25) is 0 Å². The second-order valence-electron chi connectivity index (χ2n) is 13.8. The summed E-state index contributed by atoms with van der Waals surface area (Å²) < 4.78 is 19.0. The Morgan fingerprint density at radius 1 is 1.00 bits per heavy atom. The molecule has 192 valence electrons. The average Bonchev–Trinajstić information content (AvgIpc) is 3.20. The molecule has 13 atom stereocenters. The van der Waals surface area contributed by atoms with Crippen LogP contribution < -0.4 is 0 Å². The van der Waals surface area contributed by atoms with Crippen LogP contribution in [0, 0.1) is 52.3 Å². The van der Waals surface area contributed by atoms with Crippen molar-refractivity contribution in [2.45, 2.75) is 117 Å². The number of ether oxygens (including phenoxy) is 3. The topological polar surface area (TPSA) is 65.0 Å². The van der Waals surface area contributed by atoms with Crippen LogP contribution in [0.15, 0.2) is 0 Å². The molecule has 5 heteroatoms. The van der Waals surface area contributed by atoms with Crippen LogP contribution in [0.3, 0.4) is 0 Å². The van der Waals surface area contributed by atoms with Gasteiger partial charge >= 0.3 is 5.97 Å². The smallest absolute Gasteiger partial charge is 0.302 e. The van der Waals surface area contributed by atoms with E-state index in [1.165, 1.54) is 26.2 Å². The van der Waals surface area contributed by atoms with E-state index in [0.29, 0.717) is 41.4 Å². The number of hydrogen-bond donors (Lipinski definition) is 1. The van der Waals surface area contributed by atoms with E-state index in [9.17, 15) is 9.90 Å². The lowest BCUT2D eigenvalue weighted by atomic mass is 9.43. The molecule has 6 aliphatic rings.